The minimum absolute atomic E-state index is 0.0150. The van der Waals surface area contributed by atoms with E-state index < -0.39 is 11.7 Å². The highest BCUT2D eigenvalue weighted by Crippen LogP contribution is 2.22. The van der Waals surface area contributed by atoms with Gasteiger partial charge < -0.3 is 9.64 Å². The Kier molecular flexibility index (Phi) is 5.12. The number of carbonyl (C=O) groups excluding carboxylic acids is 2. The molecule has 1 aliphatic rings. The molecule has 0 unspecified atom stereocenters. The van der Waals surface area contributed by atoms with Gasteiger partial charge in [-0.2, -0.15) is 0 Å². The molecule has 0 aliphatic carbocycles. The van der Waals surface area contributed by atoms with E-state index in [4.69, 9.17) is 16.3 Å². The third-order valence-corrected chi connectivity index (χ3v) is 3.67. The van der Waals surface area contributed by atoms with Gasteiger partial charge in [-0.1, -0.05) is 11.6 Å². The van der Waals surface area contributed by atoms with E-state index in [1.165, 1.54) is 4.90 Å². The lowest BCUT2D eigenvalue weighted by Gasteiger charge is -2.31. The Labute approximate surface area is 127 Å². The predicted octanol–water partition coefficient (Wildman–Crippen LogP) is 2.29. The van der Waals surface area contributed by atoms with E-state index in [0.717, 1.165) is 12.3 Å². The molecule has 2 rings (SSSR count). The van der Waals surface area contributed by atoms with Crippen LogP contribution in [0.2, 0.25) is 5.15 Å². The lowest BCUT2D eigenvalue weighted by atomic mass is 9.97. The number of nitrogens with zero attached hydrogens (tertiary/aromatic N) is 2. The maximum absolute atomic E-state index is 13.2. The van der Waals surface area contributed by atoms with E-state index >= 15 is 0 Å². The van der Waals surface area contributed by atoms with Crippen molar-refractivity contribution in [2.75, 3.05) is 19.7 Å². The van der Waals surface area contributed by atoms with Crippen LogP contribution in [0.25, 0.3) is 0 Å². The number of carbonyl (C=O) groups is 2. The van der Waals surface area contributed by atoms with Crippen LogP contribution in [0.5, 0.6) is 0 Å². The van der Waals surface area contributed by atoms with Gasteiger partial charge in [0, 0.05) is 13.1 Å². The molecule has 5 nitrogen and oxygen atoms in total. The normalized spacial score (nSPS) is 18.4. The van der Waals surface area contributed by atoms with Crippen molar-refractivity contribution in [3.05, 3.63) is 28.8 Å². The summed E-state index contributed by atoms with van der Waals surface area (Å²) in [6.07, 6.45) is 2.32. The maximum Gasteiger partial charge on any atom is 0.310 e. The van der Waals surface area contributed by atoms with E-state index in [1.54, 1.807) is 6.92 Å². The minimum atomic E-state index is -0.623. The molecule has 1 fully saturated rings. The Morgan fingerprint density at radius 2 is 2.33 bits per heavy atom. The number of amides is 1. The summed E-state index contributed by atoms with van der Waals surface area (Å²) in [4.78, 5) is 29.3. The lowest BCUT2D eigenvalue weighted by Crippen LogP contribution is -2.43. The van der Waals surface area contributed by atoms with Crippen LogP contribution in [0.1, 0.15) is 30.1 Å². The number of esters is 1. The smallest absolute Gasteiger partial charge is 0.310 e. The van der Waals surface area contributed by atoms with Crippen LogP contribution in [0.4, 0.5) is 4.39 Å². The highest BCUT2D eigenvalue weighted by Gasteiger charge is 2.30. The van der Waals surface area contributed by atoms with Crippen molar-refractivity contribution in [1.29, 1.82) is 0 Å². The summed E-state index contributed by atoms with van der Waals surface area (Å²) in [5.41, 5.74) is 0.0150. The van der Waals surface area contributed by atoms with Crippen LogP contribution < -0.4 is 0 Å². The number of hydrogen-bond donors (Lipinski definition) is 0. The average molecular weight is 315 g/mol. The molecule has 1 aliphatic heterocycles. The molecule has 1 aromatic heterocycles. The third-order valence-electron chi connectivity index (χ3n) is 3.36. The number of rotatable bonds is 3. The Bertz CT molecular complexity index is 553. The molecule has 0 saturated carbocycles. The van der Waals surface area contributed by atoms with Gasteiger partial charge in [0.15, 0.2) is 0 Å². The zero-order valence-corrected chi connectivity index (χ0v) is 12.4. The topological polar surface area (TPSA) is 59.5 Å². The van der Waals surface area contributed by atoms with Gasteiger partial charge in [-0.25, -0.2) is 9.37 Å². The first kappa shape index (κ1) is 15.7. The van der Waals surface area contributed by atoms with E-state index in [9.17, 15) is 14.0 Å². The van der Waals surface area contributed by atoms with Gasteiger partial charge in [0.1, 0.15) is 11.0 Å². The second-order valence-electron chi connectivity index (χ2n) is 4.83. The van der Waals surface area contributed by atoms with E-state index in [1.807, 2.05) is 0 Å². The molecule has 1 amide bonds. The van der Waals surface area contributed by atoms with Gasteiger partial charge in [0.2, 0.25) is 0 Å². The summed E-state index contributed by atoms with van der Waals surface area (Å²) in [5, 5.41) is -0.0420. The van der Waals surface area contributed by atoms with Crippen molar-refractivity contribution in [3.8, 4) is 0 Å². The van der Waals surface area contributed by atoms with Crippen molar-refractivity contribution in [2.45, 2.75) is 19.8 Å². The molecule has 7 heteroatoms. The number of piperidine rings is 1. The van der Waals surface area contributed by atoms with Crippen LogP contribution in [0.3, 0.4) is 0 Å². The second-order valence-corrected chi connectivity index (χ2v) is 5.19. The van der Waals surface area contributed by atoms with Crippen molar-refractivity contribution in [2.24, 2.45) is 5.92 Å². The molecule has 1 saturated heterocycles. The summed E-state index contributed by atoms with van der Waals surface area (Å²) >= 11 is 5.84. The van der Waals surface area contributed by atoms with E-state index in [0.29, 0.717) is 26.0 Å². The Balaban J connectivity index is 2.12. The van der Waals surface area contributed by atoms with Crippen molar-refractivity contribution < 1.29 is 18.7 Å². The van der Waals surface area contributed by atoms with Crippen LogP contribution >= 0.6 is 11.6 Å². The molecule has 2 heterocycles. The maximum atomic E-state index is 13.2. The zero-order chi connectivity index (χ0) is 15.4. The summed E-state index contributed by atoms with van der Waals surface area (Å²) < 4.78 is 18.2. The quantitative estimate of drug-likeness (QED) is 0.634. The van der Waals surface area contributed by atoms with Gasteiger partial charge in [-0.15, -0.1) is 0 Å². The monoisotopic (exact) mass is 314 g/mol. The van der Waals surface area contributed by atoms with Crippen LogP contribution in [0.15, 0.2) is 12.3 Å². The van der Waals surface area contributed by atoms with Crippen LogP contribution in [-0.2, 0) is 9.53 Å². The number of pyridine rings is 1. The first-order valence-corrected chi connectivity index (χ1v) is 7.17. The number of hydrogen-bond acceptors (Lipinski definition) is 4. The van der Waals surface area contributed by atoms with Gasteiger partial charge in [0.05, 0.1) is 24.3 Å². The summed E-state index contributed by atoms with van der Waals surface area (Å²) in [7, 11) is 0. The molecule has 0 radical (unpaired) electrons. The molecule has 0 N–H and O–H groups in total. The largest absolute Gasteiger partial charge is 0.466 e. The summed E-state index contributed by atoms with van der Waals surface area (Å²) in [6, 6.07) is 1.06. The highest BCUT2D eigenvalue weighted by atomic mass is 35.5. The third kappa shape index (κ3) is 3.69. The SMILES string of the molecule is CCOC(=O)[C@H]1CCCN(C(=O)c2cc(F)cnc2Cl)C1. The van der Waals surface area contributed by atoms with Crippen LogP contribution in [-0.4, -0.2) is 41.5 Å². The fourth-order valence-electron chi connectivity index (χ4n) is 2.36. The zero-order valence-electron chi connectivity index (χ0n) is 11.6. The first-order chi connectivity index (χ1) is 10.0. The molecule has 0 bridgehead atoms. The Hall–Kier alpha value is -1.69. The fraction of sp³-hybridized carbons (Fsp3) is 0.500. The van der Waals surface area contributed by atoms with Crippen LogP contribution in [0, 0.1) is 11.7 Å². The number of likely N-dealkylation sites (tertiary alicyclic amines) is 1. The average Bonchev–Trinajstić information content (AvgIpc) is 2.49. The second kappa shape index (κ2) is 6.85. The standard InChI is InChI=1S/C14H16ClFN2O3/c1-2-21-14(20)9-4-3-5-18(8-9)13(19)11-6-10(16)7-17-12(11)15/h6-7,9H,2-5,8H2,1H3/t9-/m0/s1. The van der Waals surface area contributed by atoms with Gasteiger partial charge in [-0.3, -0.25) is 9.59 Å². The molecule has 0 aromatic carbocycles. The van der Waals surface area contributed by atoms with E-state index in [-0.39, 0.29) is 29.1 Å². The summed E-state index contributed by atoms with van der Waals surface area (Å²) in [6.45, 7) is 2.80. The number of ether oxygens (including phenoxy) is 1. The van der Waals surface area contributed by atoms with Gasteiger partial charge in [-0.05, 0) is 25.8 Å². The Morgan fingerprint density at radius 3 is 3.05 bits per heavy atom. The molecular weight excluding hydrogens is 299 g/mol. The number of halogens is 2. The molecule has 21 heavy (non-hydrogen) atoms. The summed E-state index contributed by atoms with van der Waals surface area (Å²) in [5.74, 6) is -1.69. The first-order valence-electron chi connectivity index (χ1n) is 6.80. The highest BCUT2D eigenvalue weighted by molar-refractivity contribution is 6.32. The van der Waals surface area contributed by atoms with Crippen molar-refractivity contribution in [1.82, 2.24) is 9.88 Å². The molecule has 1 atom stereocenters. The molecule has 0 spiro atoms. The fourth-order valence-corrected chi connectivity index (χ4v) is 2.54. The lowest BCUT2D eigenvalue weighted by molar-refractivity contribution is -0.149. The molecule has 1 aromatic rings. The van der Waals surface area contributed by atoms with Gasteiger partial charge in [0.25, 0.3) is 5.91 Å². The molecule has 114 valence electrons. The van der Waals surface area contributed by atoms with E-state index in [2.05, 4.69) is 4.98 Å². The molecular formula is C14H16ClFN2O3. The number of aromatic nitrogens is 1. The van der Waals surface area contributed by atoms with Crippen molar-refractivity contribution >= 4 is 23.5 Å². The van der Waals surface area contributed by atoms with Gasteiger partial charge >= 0.3 is 5.97 Å². The Morgan fingerprint density at radius 1 is 1.57 bits per heavy atom. The van der Waals surface area contributed by atoms with Crippen molar-refractivity contribution in [3.63, 3.8) is 0 Å². The minimum Gasteiger partial charge on any atom is -0.466 e. The predicted molar refractivity (Wildman–Crippen MR) is 74.5 cm³/mol.